The summed E-state index contributed by atoms with van der Waals surface area (Å²) in [6.45, 7) is 3.72. The van der Waals surface area contributed by atoms with E-state index in [-0.39, 0.29) is 10.7 Å². The number of nitrogens with two attached hydrogens (primary N) is 1. The Morgan fingerprint density at radius 1 is 1.33 bits per heavy atom. The van der Waals surface area contributed by atoms with Gasteiger partial charge in [-0.25, -0.2) is 0 Å². The molecule has 2 N–H and O–H groups in total. The van der Waals surface area contributed by atoms with Gasteiger partial charge in [0.05, 0.1) is 14.4 Å². The molecule has 0 aromatic heterocycles. The van der Waals surface area contributed by atoms with Crippen LogP contribution in [0.2, 0.25) is 5.02 Å². The van der Waals surface area contributed by atoms with Crippen molar-refractivity contribution in [2.45, 2.75) is 13.8 Å². The van der Waals surface area contributed by atoms with E-state index in [1.807, 2.05) is 13.8 Å². The Morgan fingerprint density at radius 2 is 2.00 bits per heavy atom. The van der Waals surface area contributed by atoms with Gasteiger partial charge < -0.3 is 10.5 Å². The molecule has 5 nitrogen and oxygen atoms in total. The van der Waals surface area contributed by atoms with E-state index < -0.39 is 4.92 Å². The summed E-state index contributed by atoms with van der Waals surface area (Å²) in [5.74, 6) is 0.924. The Kier molecular flexibility index (Phi) is 4.39. The van der Waals surface area contributed by atoms with Crippen LogP contribution in [0.3, 0.4) is 0 Å². The van der Waals surface area contributed by atoms with Crippen molar-refractivity contribution in [1.82, 2.24) is 0 Å². The molecule has 0 aliphatic rings. The van der Waals surface area contributed by atoms with Gasteiger partial charge in [0.25, 0.3) is 5.69 Å². The second-order valence-electron chi connectivity index (χ2n) is 4.52. The highest BCUT2D eigenvalue weighted by Gasteiger charge is 2.15. The van der Waals surface area contributed by atoms with E-state index in [4.69, 9.17) is 22.1 Å². The summed E-state index contributed by atoms with van der Waals surface area (Å²) in [5.41, 5.74) is 8.14. The number of nitrogen functional groups attached to an aromatic ring is 1. The number of hydrogen-bond donors (Lipinski definition) is 1. The summed E-state index contributed by atoms with van der Waals surface area (Å²) in [5, 5.41) is 10.9. The third kappa shape index (κ3) is 3.11. The summed E-state index contributed by atoms with van der Waals surface area (Å²) in [6, 6.07) is 5.87. The number of rotatable bonds is 3. The second-order valence-corrected chi connectivity index (χ2v) is 5.72. The van der Waals surface area contributed by atoms with Gasteiger partial charge in [-0.05, 0) is 53.0 Å². The summed E-state index contributed by atoms with van der Waals surface area (Å²) < 4.78 is 6.52. The van der Waals surface area contributed by atoms with Crippen LogP contribution in [-0.2, 0) is 0 Å². The maximum absolute atomic E-state index is 10.7. The fourth-order valence-electron chi connectivity index (χ4n) is 1.80. The fourth-order valence-corrected chi connectivity index (χ4v) is 2.63. The van der Waals surface area contributed by atoms with E-state index >= 15 is 0 Å². The molecule has 0 spiro atoms. The van der Waals surface area contributed by atoms with Gasteiger partial charge in [0.2, 0.25) is 0 Å². The van der Waals surface area contributed by atoms with Crippen LogP contribution in [0.4, 0.5) is 11.4 Å². The lowest BCUT2D eigenvalue weighted by molar-refractivity contribution is -0.384. The van der Waals surface area contributed by atoms with Gasteiger partial charge in [0, 0.05) is 17.8 Å². The number of halogens is 2. The minimum absolute atomic E-state index is 0.0865. The van der Waals surface area contributed by atoms with E-state index in [0.29, 0.717) is 17.2 Å². The maximum Gasteiger partial charge on any atom is 0.271 e. The van der Waals surface area contributed by atoms with Crippen molar-refractivity contribution in [3.8, 4) is 11.5 Å². The molecule has 0 bridgehead atoms. The van der Waals surface area contributed by atoms with Crippen molar-refractivity contribution in [1.29, 1.82) is 0 Å². The average Bonchev–Trinajstić information content (AvgIpc) is 2.42. The zero-order valence-corrected chi connectivity index (χ0v) is 13.7. The maximum atomic E-state index is 10.7. The molecule has 0 heterocycles. The molecule has 21 heavy (non-hydrogen) atoms. The number of ether oxygens (including phenoxy) is 1. The first-order chi connectivity index (χ1) is 9.81. The second kappa shape index (κ2) is 5.91. The van der Waals surface area contributed by atoms with Crippen molar-refractivity contribution in [2.24, 2.45) is 0 Å². The summed E-state index contributed by atoms with van der Waals surface area (Å²) in [6.07, 6.45) is 0. The Morgan fingerprint density at radius 3 is 2.57 bits per heavy atom. The Labute approximate surface area is 134 Å². The van der Waals surface area contributed by atoms with Gasteiger partial charge in [-0.15, -0.1) is 0 Å². The first-order valence-corrected chi connectivity index (χ1v) is 7.15. The molecular formula is C14H12BrClN2O3. The van der Waals surface area contributed by atoms with E-state index in [9.17, 15) is 10.1 Å². The molecule has 2 aromatic rings. The van der Waals surface area contributed by atoms with Crippen molar-refractivity contribution in [3.63, 3.8) is 0 Å². The molecule has 0 fully saturated rings. The van der Waals surface area contributed by atoms with Gasteiger partial charge in [0.1, 0.15) is 11.5 Å². The summed E-state index contributed by atoms with van der Waals surface area (Å²) >= 11 is 9.47. The van der Waals surface area contributed by atoms with Gasteiger partial charge in [-0.3, -0.25) is 10.1 Å². The van der Waals surface area contributed by atoms with Gasteiger partial charge in [-0.2, -0.15) is 0 Å². The number of nitrogens with zero attached hydrogens (tertiary/aromatic N) is 1. The fraction of sp³-hybridized carbons (Fsp3) is 0.143. The van der Waals surface area contributed by atoms with E-state index in [1.165, 1.54) is 18.2 Å². The zero-order chi connectivity index (χ0) is 15.7. The number of nitro groups is 1. The van der Waals surface area contributed by atoms with E-state index in [0.717, 1.165) is 15.6 Å². The lowest BCUT2D eigenvalue weighted by atomic mass is 10.1. The first-order valence-electron chi connectivity index (χ1n) is 5.98. The van der Waals surface area contributed by atoms with Gasteiger partial charge in [0.15, 0.2) is 0 Å². The molecular weight excluding hydrogens is 360 g/mol. The number of aryl methyl sites for hydroxylation is 1. The molecule has 2 aromatic carbocycles. The van der Waals surface area contributed by atoms with Crippen LogP contribution in [0, 0.1) is 24.0 Å². The third-order valence-corrected chi connectivity index (χ3v) is 4.28. The van der Waals surface area contributed by atoms with Crippen LogP contribution in [0.5, 0.6) is 11.5 Å². The molecule has 0 saturated heterocycles. The van der Waals surface area contributed by atoms with Crippen molar-refractivity contribution >= 4 is 38.9 Å². The average molecular weight is 372 g/mol. The molecule has 0 saturated carbocycles. The number of anilines is 1. The van der Waals surface area contributed by atoms with Crippen molar-refractivity contribution in [3.05, 3.63) is 55.0 Å². The predicted octanol–water partition coefficient (Wildman–Crippen LogP) is 5.00. The lowest BCUT2D eigenvalue weighted by Crippen LogP contribution is -1.97. The van der Waals surface area contributed by atoms with Crippen LogP contribution >= 0.6 is 27.5 Å². The topological polar surface area (TPSA) is 78.4 Å². The summed E-state index contributed by atoms with van der Waals surface area (Å²) in [4.78, 5) is 10.2. The number of non-ortho nitro benzene ring substituents is 1. The van der Waals surface area contributed by atoms with Crippen LogP contribution in [0.1, 0.15) is 11.1 Å². The highest BCUT2D eigenvalue weighted by molar-refractivity contribution is 9.10. The third-order valence-electron chi connectivity index (χ3n) is 3.03. The molecule has 0 radical (unpaired) electrons. The molecule has 110 valence electrons. The van der Waals surface area contributed by atoms with Crippen molar-refractivity contribution in [2.75, 3.05) is 5.73 Å². The van der Waals surface area contributed by atoms with E-state index in [2.05, 4.69) is 15.9 Å². The number of hydrogen-bond acceptors (Lipinski definition) is 4. The highest BCUT2D eigenvalue weighted by atomic mass is 79.9. The molecule has 7 heteroatoms. The molecule has 2 rings (SSSR count). The quantitative estimate of drug-likeness (QED) is 0.468. The van der Waals surface area contributed by atoms with Crippen molar-refractivity contribution < 1.29 is 9.66 Å². The van der Waals surface area contributed by atoms with Crippen LogP contribution in [-0.4, -0.2) is 4.92 Å². The standard InChI is InChI=1S/C14H12BrClN2O3/c1-7-5-11(17)8(2)13(15)14(7)21-12-4-3-9(18(19)20)6-10(12)16/h3-6H,17H2,1-2H3. The first kappa shape index (κ1) is 15.6. The Balaban J connectivity index is 2.44. The zero-order valence-electron chi connectivity index (χ0n) is 11.3. The number of nitro benzene ring substituents is 1. The SMILES string of the molecule is Cc1cc(N)c(C)c(Br)c1Oc1ccc([N+](=O)[O-])cc1Cl. The lowest BCUT2D eigenvalue weighted by Gasteiger charge is -2.15. The molecule has 0 amide bonds. The smallest absolute Gasteiger partial charge is 0.271 e. The molecule has 0 unspecified atom stereocenters. The largest absolute Gasteiger partial charge is 0.454 e. The minimum Gasteiger partial charge on any atom is -0.454 e. The Bertz CT molecular complexity index is 735. The monoisotopic (exact) mass is 370 g/mol. The van der Waals surface area contributed by atoms with Crippen LogP contribution in [0.15, 0.2) is 28.7 Å². The Hall–Kier alpha value is -1.79. The van der Waals surface area contributed by atoms with Crippen LogP contribution < -0.4 is 10.5 Å². The molecule has 0 aliphatic heterocycles. The predicted molar refractivity (Wildman–Crippen MR) is 86.2 cm³/mol. The normalized spacial score (nSPS) is 10.5. The van der Waals surface area contributed by atoms with Crippen LogP contribution in [0.25, 0.3) is 0 Å². The molecule has 0 aliphatic carbocycles. The highest BCUT2D eigenvalue weighted by Crippen LogP contribution is 2.40. The number of benzene rings is 2. The van der Waals surface area contributed by atoms with Gasteiger partial charge in [-0.1, -0.05) is 11.6 Å². The van der Waals surface area contributed by atoms with E-state index in [1.54, 1.807) is 6.07 Å². The molecule has 0 atom stereocenters. The summed E-state index contributed by atoms with van der Waals surface area (Å²) in [7, 11) is 0. The minimum atomic E-state index is -0.510. The van der Waals surface area contributed by atoms with Gasteiger partial charge >= 0.3 is 0 Å².